The molecule has 0 spiro atoms. The highest BCUT2D eigenvalue weighted by atomic mass is 16.5. The number of nitrogens with zero attached hydrogens (tertiary/aromatic N) is 1. The number of rotatable bonds is 6. The molecule has 0 aliphatic heterocycles. The fourth-order valence-electron chi connectivity index (χ4n) is 2.08. The lowest BCUT2D eigenvalue weighted by atomic mass is 10.1. The van der Waals surface area contributed by atoms with E-state index in [2.05, 4.69) is 60.3 Å². The third-order valence-corrected chi connectivity index (χ3v) is 3.39. The molecule has 3 nitrogen and oxygen atoms in total. The van der Waals surface area contributed by atoms with E-state index in [1.54, 1.807) is 7.11 Å². The van der Waals surface area contributed by atoms with Gasteiger partial charge >= 0.3 is 0 Å². The molecule has 0 amide bonds. The first-order valence-corrected chi connectivity index (χ1v) is 6.66. The molecule has 2 aromatic rings. The van der Waals surface area contributed by atoms with E-state index in [1.807, 2.05) is 0 Å². The van der Waals surface area contributed by atoms with Crippen LogP contribution in [-0.2, 0) is 11.3 Å². The van der Waals surface area contributed by atoms with Gasteiger partial charge in [-0.05, 0) is 49.2 Å². The van der Waals surface area contributed by atoms with Crippen molar-refractivity contribution in [2.24, 2.45) is 0 Å². The number of hydrogen-bond acceptors (Lipinski definition) is 2. The van der Waals surface area contributed by atoms with Gasteiger partial charge in [-0.25, -0.2) is 0 Å². The van der Waals surface area contributed by atoms with Gasteiger partial charge < -0.3 is 14.6 Å². The monoisotopic (exact) mass is 258 g/mol. The van der Waals surface area contributed by atoms with E-state index in [0.717, 1.165) is 19.7 Å². The van der Waals surface area contributed by atoms with Crippen LogP contribution in [0.2, 0.25) is 0 Å². The van der Waals surface area contributed by atoms with Gasteiger partial charge in [0.05, 0.1) is 6.61 Å². The number of hydrogen-bond donors (Lipinski definition) is 1. The minimum atomic E-state index is 0.740. The number of ether oxygens (including phenoxy) is 1. The number of nitrogens with one attached hydrogen (secondary N) is 1. The van der Waals surface area contributed by atoms with Crippen molar-refractivity contribution in [3.63, 3.8) is 0 Å². The molecule has 3 heteroatoms. The van der Waals surface area contributed by atoms with Crippen LogP contribution in [0.3, 0.4) is 0 Å². The van der Waals surface area contributed by atoms with Crippen molar-refractivity contribution < 1.29 is 4.74 Å². The SMILES string of the molecule is COCCNCc1cccn1-c1ccc(C)c(C)c1. The molecule has 102 valence electrons. The van der Waals surface area contributed by atoms with E-state index in [1.165, 1.54) is 22.5 Å². The molecule has 0 aliphatic rings. The fraction of sp³-hybridized carbons (Fsp3) is 0.375. The quantitative estimate of drug-likeness (QED) is 0.806. The summed E-state index contributed by atoms with van der Waals surface area (Å²) in [4.78, 5) is 0. The zero-order valence-corrected chi connectivity index (χ0v) is 11.9. The molecule has 1 N–H and O–H groups in total. The third-order valence-electron chi connectivity index (χ3n) is 3.39. The van der Waals surface area contributed by atoms with Gasteiger partial charge in [-0.15, -0.1) is 0 Å². The van der Waals surface area contributed by atoms with Crippen molar-refractivity contribution in [1.29, 1.82) is 0 Å². The molecule has 1 aromatic heterocycles. The molecule has 0 aliphatic carbocycles. The summed E-state index contributed by atoms with van der Waals surface area (Å²) in [5, 5.41) is 3.38. The second-order valence-electron chi connectivity index (χ2n) is 4.81. The Labute approximate surface area is 115 Å². The summed E-state index contributed by atoms with van der Waals surface area (Å²) in [6, 6.07) is 10.8. The smallest absolute Gasteiger partial charge is 0.0587 e. The Bertz CT molecular complexity index is 531. The molecule has 2 rings (SSSR count). The van der Waals surface area contributed by atoms with Crippen molar-refractivity contribution in [2.45, 2.75) is 20.4 Å². The Morgan fingerprint density at radius 2 is 2.00 bits per heavy atom. The standard InChI is InChI=1S/C16H22N2O/c1-13-6-7-15(11-14(13)2)18-9-4-5-16(18)12-17-8-10-19-3/h4-7,9,11,17H,8,10,12H2,1-3H3. The minimum Gasteiger partial charge on any atom is -0.383 e. The summed E-state index contributed by atoms with van der Waals surface area (Å²) < 4.78 is 7.26. The number of methoxy groups -OCH3 is 1. The van der Waals surface area contributed by atoms with Crippen molar-refractivity contribution in [3.8, 4) is 5.69 Å². The van der Waals surface area contributed by atoms with Gasteiger partial charge in [0.2, 0.25) is 0 Å². The zero-order valence-electron chi connectivity index (χ0n) is 11.9. The van der Waals surface area contributed by atoms with Crippen molar-refractivity contribution in [3.05, 3.63) is 53.3 Å². The van der Waals surface area contributed by atoms with E-state index in [0.29, 0.717) is 0 Å². The Kier molecular flexibility index (Phi) is 4.77. The molecule has 0 radical (unpaired) electrons. The summed E-state index contributed by atoms with van der Waals surface area (Å²) >= 11 is 0. The largest absolute Gasteiger partial charge is 0.383 e. The average molecular weight is 258 g/mol. The van der Waals surface area contributed by atoms with Crippen LogP contribution in [0, 0.1) is 13.8 Å². The van der Waals surface area contributed by atoms with E-state index < -0.39 is 0 Å². The lowest BCUT2D eigenvalue weighted by Crippen LogP contribution is -2.20. The molecular formula is C16H22N2O. The van der Waals surface area contributed by atoms with Crippen LogP contribution >= 0.6 is 0 Å². The number of benzene rings is 1. The normalized spacial score (nSPS) is 10.9. The summed E-state index contributed by atoms with van der Waals surface area (Å²) in [5.41, 5.74) is 5.14. The van der Waals surface area contributed by atoms with Gasteiger partial charge in [0, 0.05) is 37.8 Å². The van der Waals surface area contributed by atoms with Crippen LogP contribution in [0.15, 0.2) is 36.5 Å². The van der Waals surface area contributed by atoms with Crippen LogP contribution in [0.25, 0.3) is 5.69 Å². The first-order chi connectivity index (χ1) is 9.22. The van der Waals surface area contributed by atoms with Crippen LogP contribution in [-0.4, -0.2) is 24.8 Å². The first kappa shape index (κ1) is 13.8. The highest BCUT2D eigenvalue weighted by molar-refractivity contribution is 5.41. The third kappa shape index (κ3) is 3.46. The maximum Gasteiger partial charge on any atom is 0.0587 e. The molecule has 1 aromatic carbocycles. The van der Waals surface area contributed by atoms with Gasteiger partial charge in [-0.2, -0.15) is 0 Å². The second kappa shape index (κ2) is 6.55. The number of aryl methyl sites for hydroxylation is 2. The van der Waals surface area contributed by atoms with E-state index in [9.17, 15) is 0 Å². The molecule has 0 saturated heterocycles. The minimum absolute atomic E-state index is 0.740. The Hall–Kier alpha value is -1.58. The van der Waals surface area contributed by atoms with Crippen molar-refractivity contribution in [2.75, 3.05) is 20.3 Å². The summed E-state index contributed by atoms with van der Waals surface area (Å²) in [5.74, 6) is 0. The lowest BCUT2D eigenvalue weighted by Gasteiger charge is -2.12. The van der Waals surface area contributed by atoms with Crippen LogP contribution < -0.4 is 5.32 Å². The van der Waals surface area contributed by atoms with Gasteiger partial charge in [0.1, 0.15) is 0 Å². The molecule has 0 bridgehead atoms. The highest BCUT2D eigenvalue weighted by Gasteiger charge is 2.04. The highest BCUT2D eigenvalue weighted by Crippen LogP contribution is 2.16. The Balaban J connectivity index is 2.12. The summed E-state index contributed by atoms with van der Waals surface area (Å²) in [7, 11) is 1.72. The number of aromatic nitrogens is 1. The van der Waals surface area contributed by atoms with Gasteiger partial charge in [0.15, 0.2) is 0 Å². The van der Waals surface area contributed by atoms with Crippen molar-refractivity contribution in [1.82, 2.24) is 9.88 Å². The average Bonchev–Trinajstić information content (AvgIpc) is 2.86. The van der Waals surface area contributed by atoms with Gasteiger partial charge in [0.25, 0.3) is 0 Å². The fourth-order valence-corrected chi connectivity index (χ4v) is 2.08. The summed E-state index contributed by atoms with van der Waals surface area (Å²) in [6.07, 6.45) is 2.11. The van der Waals surface area contributed by atoms with E-state index in [-0.39, 0.29) is 0 Å². The molecular weight excluding hydrogens is 236 g/mol. The second-order valence-corrected chi connectivity index (χ2v) is 4.81. The topological polar surface area (TPSA) is 26.2 Å². The molecule has 0 saturated carbocycles. The molecule has 0 unspecified atom stereocenters. The Morgan fingerprint density at radius 3 is 2.74 bits per heavy atom. The molecule has 0 fully saturated rings. The zero-order chi connectivity index (χ0) is 13.7. The van der Waals surface area contributed by atoms with Crippen LogP contribution in [0.4, 0.5) is 0 Å². The lowest BCUT2D eigenvalue weighted by molar-refractivity contribution is 0.199. The maximum absolute atomic E-state index is 5.04. The van der Waals surface area contributed by atoms with Crippen LogP contribution in [0.1, 0.15) is 16.8 Å². The van der Waals surface area contributed by atoms with E-state index in [4.69, 9.17) is 4.74 Å². The molecule has 1 heterocycles. The Morgan fingerprint density at radius 1 is 1.16 bits per heavy atom. The van der Waals surface area contributed by atoms with Gasteiger partial charge in [-0.1, -0.05) is 6.07 Å². The molecule has 0 atom stereocenters. The molecule has 19 heavy (non-hydrogen) atoms. The van der Waals surface area contributed by atoms with Gasteiger partial charge in [-0.3, -0.25) is 0 Å². The van der Waals surface area contributed by atoms with E-state index >= 15 is 0 Å². The predicted molar refractivity (Wildman–Crippen MR) is 78.8 cm³/mol. The van der Waals surface area contributed by atoms with Crippen LogP contribution in [0.5, 0.6) is 0 Å². The van der Waals surface area contributed by atoms with Crippen molar-refractivity contribution >= 4 is 0 Å². The summed E-state index contributed by atoms with van der Waals surface area (Å²) in [6.45, 7) is 6.75. The predicted octanol–water partition coefficient (Wildman–Crippen LogP) is 2.83. The first-order valence-electron chi connectivity index (χ1n) is 6.66. The maximum atomic E-state index is 5.04.